The Kier molecular flexibility index (Phi) is 3.36. The lowest BCUT2D eigenvalue weighted by atomic mass is 10.1. The summed E-state index contributed by atoms with van der Waals surface area (Å²) in [5, 5.41) is 17.7. The minimum absolute atomic E-state index is 0.0267. The molecule has 0 fully saturated rings. The summed E-state index contributed by atoms with van der Waals surface area (Å²) in [5.41, 5.74) is -0.809. The highest BCUT2D eigenvalue weighted by Gasteiger charge is 2.30. The maximum atomic E-state index is 12.3. The van der Waals surface area contributed by atoms with E-state index in [-0.39, 0.29) is 17.9 Å². The van der Waals surface area contributed by atoms with E-state index in [1.54, 1.807) is 0 Å². The molecule has 1 aromatic rings. The van der Waals surface area contributed by atoms with Crippen LogP contribution in [0.1, 0.15) is 11.1 Å². The highest BCUT2D eigenvalue weighted by molar-refractivity contribution is 5.58. The van der Waals surface area contributed by atoms with Crippen LogP contribution in [-0.4, -0.2) is 16.8 Å². The van der Waals surface area contributed by atoms with E-state index in [0.717, 1.165) is 18.2 Å². The molecule has 0 aromatic heterocycles. The molecule has 5 heteroatoms. The molecule has 0 amide bonds. The van der Waals surface area contributed by atoms with Crippen molar-refractivity contribution in [2.75, 3.05) is 6.61 Å². The standard InChI is InChI=1S/C10H9F3O2/c11-10(12,13)8-3-4-9(15)7(6-8)2-1-5-14/h1-4,6,14-15H,5H2. The summed E-state index contributed by atoms with van der Waals surface area (Å²) < 4.78 is 36.8. The van der Waals surface area contributed by atoms with Crippen LogP contribution < -0.4 is 0 Å². The van der Waals surface area contributed by atoms with Crippen molar-refractivity contribution in [2.45, 2.75) is 6.18 Å². The van der Waals surface area contributed by atoms with Crippen LogP contribution in [0.15, 0.2) is 24.3 Å². The first-order valence-electron chi connectivity index (χ1n) is 4.13. The minimum atomic E-state index is -4.44. The Hall–Kier alpha value is -1.49. The van der Waals surface area contributed by atoms with Crippen molar-refractivity contribution in [1.29, 1.82) is 0 Å². The van der Waals surface area contributed by atoms with Gasteiger partial charge in [-0.25, -0.2) is 0 Å². The van der Waals surface area contributed by atoms with Gasteiger partial charge in [-0.2, -0.15) is 13.2 Å². The molecule has 2 nitrogen and oxygen atoms in total. The third kappa shape index (κ3) is 2.99. The van der Waals surface area contributed by atoms with Crippen molar-refractivity contribution in [2.24, 2.45) is 0 Å². The molecule has 0 aliphatic carbocycles. The molecule has 82 valence electrons. The Balaban J connectivity index is 3.11. The third-order valence-corrected chi connectivity index (χ3v) is 1.76. The molecule has 0 atom stereocenters. The lowest BCUT2D eigenvalue weighted by Crippen LogP contribution is -2.04. The predicted molar refractivity (Wildman–Crippen MR) is 49.2 cm³/mol. The Morgan fingerprint density at radius 1 is 1.27 bits per heavy atom. The monoisotopic (exact) mass is 218 g/mol. The quantitative estimate of drug-likeness (QED) is 0.800. The molecule has 0 aliphatic heterocycles. The largest absolute Gasteiger partial charge is 0.507 e. The number of phenols is 1. The Bertz CT molecular complexity index is 369. The second-order valence-electron chi connectivity index (χ2n) is 2.86. The average molecular weight is 218 g/mol. The van der Waals surface area contributed by atoms with Crippen LogP contribution in [0, 0.1) is 0 Å². The van der Waals surface area contributed by atoms with Crippen LogP contribution in [0.5, 0.6) is 5.75 Å². The number of aromatic hydroxyl groups is 1. The lowest BCUT2D eigenvalue weighted by Gasteiger charge is -2.08. The number of phenolic OH excluding ortho intramolecular Hbond substituents is 1. The van der Waals surface area contributed by atoms with E-state index in [2.05, 4.69) is 0 Å². The first-order chi connectivity index (χ1) is 6.95. The summed E-state index contributed by atoms with van der Waals surface area (Å²) in [6.45, 7) is -0.296. The number of halogens is 3. The predicted octanol–water partition coefficient (Wildman–Crippen LogP) is 2.42. The van der Waals surface area contributed by atoms with Gasteiger partial charge in [-0.1, -0.05) is 12.2 Å². The molecule has 0 saturated carbocycles. The second-order valence-corrected chi connectivity index (χ2v) is 2.86. The Morgan fingerprint density at radius 3 is 2.47 bits per heavy atom. The van der Waals surface area contributed by atoms with Gasteiger partial charge in [0.1, 0.15) is 5.75 Å². The molecule has 2 N–H and O–H groups in total. The molecule has 15 heavy (non-hydrogen) atoms. The summed E-state index contributed by atoms with van der Waals surface area (Å²) in [7, 11) is 0. The van der Waals surface area contributed by atoms with Crippen molar-refractivity contribution in [3.8, 4) is 5.75 Å². The molecule has 0 aliphatic rings. The first kappa shape index (κ1) is 11.6. The van der Waals surface area contributed by atoms with Gasteiger partial charge in [0.2, 0.25) is 0 Å². The van der Waals surface area contributed by atoms with Crippen LogP contribution in [0.4, 0.5) is 13.2 Å². The molecule has 0 heterocycles. The van der Waals surface area contributed by atoms with E-state index in [9.17, 15) is 18.3 Å². The number of aliphatic hydroxyl groups is 1. The van der Waals surface area contributed by atoms with Gasteiger partial charge >= 0.3 is 6.18 Å². The number of alkyl halides is 3. The number of hydrogen-bond acceptors (Lipinski definition) is 2. The molecule has 0 unspecified atom stereocenters. The summed E-state index contributed by atoms with van der Waals surface area (Å²) in [6, 6.07) is 2.59. The van der Waals surface area contributed by atoms with Gasteiger partial charge in [0.15, 0.2) is 0 Å². The van der Waals surface area contributed by atoms with E-state index in [1.807, 2.05) is 0 Å². The van der Waals surface area contributed by atoms with Crippen molar-refractivity contribution in [3.63, 3.8) is 0 Å². The maximum absolute atomic E-state index is 12.3. The number of rotatable bonds is 2. The molecule has 1 rings (SSSR count). The van der Waals surface area contributed by atoms with Crippen LogP contribution >= 0.6 is 0 Å². The van der Waals surface area contributed by atoms with Crippen molar-refractivity contribution < 1.29 is 23.4 Å². The smallest absolute Gasteiger partial charge is 0.416 e. The molecule has 0 saturated heterocycles. The highest BCUT2D eigenvalue weighted by Crippen LogP contribution is 2.32. The summed E-state index contributed by atoms with van der Waals surface area (Å²) in [5.74, 6) is -0.257. The summed E-state index contributed by atoms with van der Waals surface area (Å²) in [6.07, 6.45) is -1.96. The fraction of sp³-hybridized carbons (Fsp3) is 0.200. The Morgan fingerprint density at radius 2 is 1.93 bits per heavy atom. The summed E-state index contributed by atoms with van der Waals surface area (Å²) >= 11 is 0. The minimum Gasteiger partial charge on any atom is -0.507 e. The molecular weight excluding hydrogens is 209 g/mol. The van der Waals surface area contributed by atoms with E-state index < -0.39 is 11.7 Å². The zero-order valence-electron chi connectivity index (χ0n) is 7.62. The number of benzene rings is 1. The van der Waals surface area contributed by atoms with Crippen LogP contribution in [0.3, 0.4) is 0 Å². The van der Waals surface area contributed by atoms with Crippen molar-refractivity contribution in [1.82, 2.24) is 0 Å². The molecule has 0 radical (unpaired) electrons. The lowest BCUT2D eigenvalue weighted by molar-refractivity contribution is -0.137. The second kappa shape index (κ2) is 4.35. The SMILES string of the molecule is OCC=Cc1cc(C(F)(F)F)ccc1O. The highest BCUT2D eigenvalue weighted by atomic mass is 19.4. The van der Waals surface area contributed by atoms with Crippen molar-refractivity contribution >= 4 is 6.08 Å². The number of hydrogen-bond donors (Lipinski definition) is 2. The van der Waals surface area contributed by atoms with Gasteiger partial charge in [-0.3, -0.25) is 0 Å². The third-order valence-electron chi connectivity index (χ3n) is 1.76. The van der Waals surface area contributed by atoms with E-state index >= 15 is 0 Å². The van der Waals surface area contributed by atoms with E-state index in [1.165, 1.54) is 12.2 Å². The van der Waals surface area contributed by atoms with Crippen molar-refractivity contribution in [3.05, 3.63) is 35.4 Å². The maximum Gasteiger partial charge on any atom is 0.416 e. The van der Waals surface area contributed by atoms with E-state index in [0.29, 0.717) is 0 Å². The molecule has 1 aromatic carbocycles. The molecule has 0 bridgehead atoms. The number of aliphatic hydroxyl groups excluding tert-OH is 1. The van der Waals surface area contributed by atoms with E-state index in [4.69, 9.17) is 5.11 Å². The normalized spacial score (nSPS) is 12.3. The van der Waals surface area contributed by atoms with Gasteiger partial charge in [-0.05, 0) is 18.2 Å². The van der Waals surface area contributed by atoms with Gasteiger partial charge in [0, 0.05) is 5.56 Å². The molecular formula is C10H9F3O2. The van der Waals surface area contributed by atoms with Gasteiger partial charge in [0.05, 0.1) is 12.2 Å². The topological polar surface area (TPSA) is 40.5 Å². The molecule has 0 spiro atoms. The van der Waals surface area contributed by atoms with Gasteiger partial charge in [-0.15, -0.1) is 0 Å². The first-order valence-corrected chi connectivity index (χ1v) is 4.13. The zero-order chi connectivity index (χ0) is 11.5. The zero-order valence-corrected chi connectivity index (χ0v) is 7.62. The van der Waals surface area contributed by atoms with Crippen LogP contribution in [-0.2, 0) is 6.18 Å². The van der Waals surface area contributed by atoms with Gasteiger partial charge in [0.25, 0.3) is 0 Å². The average Bonchev–Trinajstić information content (AvgIpc) is 2.15. The van der Waals surface area contributed by atoms with Crippen LogP contribution in [0.25, 0.3) is 6.08 Å². The van der Waals surface area contributed by atoms with Gasteiger partial charge < -0.3 is 10.2 Å². The Labute approximate surface area is 84.3 Å². The van der Waals surface area contributed by atoms with Crippen LogP contribution in [0.2, 0.25) is 0 Å². The fourth-order valence-electron chi connectivity index (χ4n) is 1.04. The summed E-state index contributed by atoms with van der Waals surface area (Å²) in [4.78, 5) is 0. The fourth-order valence-corrected chi connectivity index (χ4v) is 1.04.